The summed E-state index contributed by atoms with van der Waals surface area (Å²) >= 11 is 0. The van der Waals surface area contributed by atoms with Crippen LogP contribution in [0.25, 0.3) is 11.0 Å². The molecule has 2 aromatic carbocycles. The van der Waals surface area contributed by atoms with Gasteiger partial charge in [-0.1, -0.05) is 65.0 Å². The lowest BCUT2D eigenvalue weighted by Crippen LogP contribution is -2.43. The van der Waals surface area contributed by atoms with Crippen molar-refractivity contribution in [2.24, 2.45) is 5.41 Å². The summed E-state index contributed by atoms with van der Waals surface area (Å²) in [4.78, 5) is 24.2. The van der Waals surface area contributed by atoms with Gasteiger partial charge in [0, 0.05) is 5.39 Å². The second-order valence-corrected chi connectivity index (χ2v) is 9.59. The second kappa shape index (κ2) is 8.84. The van der Waals surface area contributed by atoms with Crippen molar-refractivity contribution in [3.8, 4) is 5.75 Å². The van der Waals surface area contributed by atoms with Crippen LogP contribution in [0.1, 0.15) is 57.2 Å². The molecular weight excluding hydrogens is 392 g/mol. The molecule has 0 aliphatic carbocycles. The Labute approximate surface area is 182 Å². The number of furan rings is 1. The maximum absolute atomic E-state index is 12.2. The van der Waals surface area contributed by atoms with E-state index in [4.69, 9.17) is 9.15 Å². The predicted octanol–water partition coefficient (Wildman–Crippen LogP) is 4.99. The smallest absolute Gasteiger partial charge is 0.305 e. The van der Waals surface area contributed by atoms with E-state index >= 15 is 0 Å². The summed E-state index contributed by atoms with van der Waals surface area (Å²) < 4.78 is 11.0. The fraction of sp³-hybridized carbons (Fsp3) is 0.360. The molecule has 0 fully saturated rings. The van der Waals surface area contributed by atoms with Crippen LogP contribution in [0.2, 0.25) is 0 Å². The lowest BCUT2D eigenvalue weighted by molar-refractivity contribution is -0.123. The third-order valence-corrected chi connectivity index (χ3v) is 4.94. The fourth-order valence-electron chi connectivity index (χ4n) is 3.90. The van der Waals surface area contributed by atoms with E-state index in [0.29, 0.717) is 11.3 Å². The molecule has 0 spiro atoms. The van der Waals surface area contributed by atoms with Gasteiger partial charge in [-0.25, -0.2) is 0 Å². The number of rotatable bonds is 6. The summed E-state index contributed by atoms with van der Waals surface area (Å²) in [5, 5.41) is 0.816. The molecule has 6 nitrogen and oxygen atoms in total. The van der Waals surface area contributed by atoms with E-state index in [0.717, 1.165) is 11.8 Å². The van der Waals surface area contributed by atoms with Crippen LogP contribution in [0, 0.1) is 5.41 Å². The lowest BCUT2D eigenvalue weighted by atomic mass is 9.72. The highest BCUT2D eigenvalue weighted by molar-refractivity contribution is 5.97. The first-order valence-electron chi connectivity index (χ1n) is 10.3. The van der Waals surface area contributed by atoms with E-state index in [9.17, 15) is 9.59 Å². The average molecular weight is 423 g/mol. The molecule has 0 saturated heterocycles. The minimum atomic E-state index is -0.532. The number of hydrogen-bond acceptors (Lipinski definition) is 4. The molecule has 2 N–H and O–H groups in total. The maximum Gasteiger partial charge on any atom is 0.305 e. The highest BCUT2D eigenvalue weighted by atomic mass is 16.5. The molecule has 3 aromatic rings. The van der Waals surface area contributed by atoms with E-state index in [1.165, 1.54) is 5.56 Å². The van der Waals surface area contributed by atoms with E-state index < -0.39 is 11.8 Å². The Morgan fingerprint density at radius 2 is 1.61 bits per heavy atom. The topological polar surface area (TPSA) is 80.6 Å². The van der Waals surface area contributed by atoms with E-state index in [2.05, 4.69) is 45.5 Å². The Bertz CT molecular complexity index is 1030. The van der Waals surface area contributed by atoms with Crippen molar-refractivity contribution < 1.29 is 18.7 Å². The van der Waals surface area contributed by atoms with Gasteiger partial charge < -0.3 is 9.15 Å². The van der Waals surface area contributed by atoms with Gasteiger partial charge in [-0.15, -0.1) is 0 Å². The number of carbonyl (C=O) groups excluding carboxylic acids is 2. The minimum Gasteiger partial charge on any atom is -0.484 e. The van der Waals surface area contributed by atoms with Crippen LogP contribution in [0.3, 0.4) is 0 Å². The molecule has 0 radical (unpaired) electrons. The summed E-state index contributed by atoms with van der Waals surface area (Å²) in [5.41, 5.74) is 6.76. The van der Waals surface area contributed by atoms with Crippen LogP contribution in [0.5, 0.6) is 5.75 Å². The molecule has 0 aliphatic rings. The van der Waals surface area contributed by atoms with Crippen LogP contribution >= 0.6 is 0 Å². The number of benzene rings is 2. The molecule has 164 valence electrons. The second-order valence-electron chi connectivity index (χ2n) is 9.59. The van der Waals surface area contributed by atoms with Crippen LogP contribution in [-0.2, 0) is 10.2 Å². The van der Waals surface area contributed by atoms with Crippen molar-refractivity contribution in [2.75, 3.05) is 6.61 Å². The lowest BCUT2D eigenvalue weighted by Gasteiger charge is -2.33. The van der Waals surface area contributed by atoms with E-state index in [1.807, 2.05) is 42.5 Å². The highest BCUT2D eigenvalue weighted by Gasteiger charge is 2.27. The SMILES string of the molecule is CC(C)(C)CC(C)(C)c1ccc(OCC(=O)NNC(=O)c2cc3ccccc3o2)cc1. The molecule has 0 unspecified atom stereocenters. The maximum atomic E-state index is 12.2. The van der Waals surface area contributed by atoms with Crippen molar-refractivity contribution in [1.82, 2.24) is 10.9 Å². The summed E-state index contributed by atoms with van der Waals surface area (Å²) in [6, 6.07) is 16.7. The number of carbonyl (C=O) groups is 2. The van der Waals surface area contributed by atoms with Gasteiger partial charge in [0.15, 0.2) is 12.4 Å². The Morgan fingerprint density at radius 1 is 0.935 bits per heavy atom. The third kappa shape index (κ3) is 6.10. The van der Waals surface area contributed by atoms with Gasteiger partial charge in [0.25, 0.3) is 5.91 Å². The van der Waals surface area contributed by atoms with E-state index in [1.54, 1.807) is 12.1 Å². The number of hydrazine groups is 1. The number of para-hydroxylation sites is 1. The number of amides is 2. The predicted molar refractivity (Wildman–Crippen MR) is 121 cm³/mol. The fourth-order valence-corrected chi connectivity index (χ4v) is 3.90. The van der Waals surface area contributed by atoms with Gasteiger partial charge in [-0.05, 0) is 47.1 Å². The molecule has 1 aromatic heterocycles. The molecule has 31 heavy (non-hydrogen) atoms. The van der Waals surface area contributed by atoms with Crippen molar-refractivity contribution in [2.45, 2.75) is 46.5 Å². The van der Waals surface area contributed by atoms with Gasteiger partial charge in [0.1, 0.15) is 11.3 Å². The van der Waals surface area contributed by atoms with Crippen molar-refractivity contribution in [1.29, 1.82) is 0 Å². The molecule has 3 rings (SSSR count). The Morgan fingerprint density at radius 3 is 2.26 bits per heavy atom. The van der Waals surface area contributed by atoms with Gasteiger partial charge >= 0.3 is 5.91 Å². The highest BCUT2D eigenvalue weighted by Crippen LogP contribution is 2.36. The summed E-state index contributed by atoms with van der Waals surface area (Å²) in [6.45, 7) is 10.9. The summed E-state index contributed by atoms with van der Waals surface area (Å²) in [7, 11) is 0. The normalized spacial score (nSPS) is 11.9. The first kappa shape index (κ1) is 22.4. The van der Waals surface area contributed by atoms with Crippen LogP contribution in [0.4, 0.5) is 0 Å². The summed E-state index contributed by atoms with van der Waals surface area (Å²) in [5.74, 6) is -0.290. The molecular formula is C25H30N2O4. The van der Waals surface area contributed by atoms with Crippen LogP contribution in [-0.4, -0.2) is 18.4 Å². The van der Waals surface area contributed by atoms with E-state index in [-0.39, 0.29) is 23.2 Å². The van der Waals surface area contributed by atoms with Gasteiger partial charge in [0.2, 0.25) is 0 Å². The molecule has 6 heteroatoms. The largest absolute Gasteiger partial charge is 0.484 e. The number of ether oxygens (including phenoxy) is 1. The first-order chi connectivity index (χ1) is 14.5. The standard InChI is InChI=1S/C25H30N2O4/c1-24(2,3)16-25(4,5)18-10-12-19(13-11-18)30-15-22(28)26-27-23(29)21-14-17-8-6-7-9-20(17)31-21/h6-14H,15-16H2,1-5H3,(H,26,28)(H,27,29). The zero-order valence-electron chi connectivity index (χ0n) is 18.7. The molecule has 0 atom stereocenters. The monoisotopic (exact) mass is 422 g/mol. The number of nitrogens with one attached hydrogen (secondary N) is 2. The van der Waals surface area contributed by atoms with Crippen LogP contribution in [0.15, 0.2) is 59.0 Å². The molecule has 0 aliphatic heterocycles. The third-order valence-electron chi connectivity index (χ3n) is 4.94. The van der Waals surface area contributed by atoms with Gasteiger partial charge in [0.05, 0.1) is 0 Å². The van der Waals surface area contributed by atoms with Gasteiger partial charge in [-0.2, -0.15) is 0 Å². The molecule has 1 heterocycles. The number of fused-ring (bicyclic) bond motifs is 1. The van der Waals surface area contributed by atoms with Crippen LogP contribution < -0.4 is 15.6 Å². The first-order valence-corrected chi connectivity index (χ1v) is 10.3. The summed E-state index contributed by atoms with van der Waals surface area (Å²) in [6.07, 6.45) is 1.05. The zero-order valence-corrected chi connectivity index (χ0v) is 18.7. The Hall–Kier alpha value is -3.28. The van der Waals surface area contributed by atoms with Crippen molar-refractivity contribution in [3.05, 3.63) is 65.9 Å². The quantitative estimate of drug-likeness (QED) is 0.549. The average Bonchev–Trinajstić information content (AvgIpc) is 3.13. The van der Waals surface area contributed by atoms with Gasteiger partial charge in [-0.3, -0.25) is 20.4 Å². The molecule has 0 bridgehead atoms. The Balaban J connectivity index is 1.48. The molecule has 2 amide bonds. The zero-order chi connectivity index (χ0) is 22.6. The molecule has 0 saturated carbocycles. The minimum absolute atomic E-state index is 0.0368. The van der Waals surface area contributed by atoms with Crippen molar-refractivity contribution >= 4 is 22.8 Å². The van der Waals surface area contributed by atoms with Crippen molar-refractivity contribution in [3.63, 3.8) is 0 Å². The Kier molecular flexibility index (Phi) is 6.39. The number of hydrogen-bond donors (Lipinski definition) is 2.